The highest BCUT2D eigenvalue weighted by atomic mass is 32.1. The summed E-state index contributed by atoms with van der Waals surface area (Å²) in [5.41, 5.74) is 6.80. The van der Waals surface area contributed by atoms with Gasteiger partial charge in [-0.25, -0.2) is 4.98 Å². The van der Waals surface area contributed by atoms with Crippen molar-refractivity contribution in [1.29, 1.82) is 0 Å². The maximum atomic E-state index is 11.8. The molecule has 2 aromatic rings. The van der Waals surface area contributed by atoms with Crippen molar-refractivity contribution in [3.63, 3.8) is 0 Å². The molecule has 0 radical (unpaired) electrons. The third-order valence-corrected chi connectivity index (χ3v) is 3.95. The lowest BCUT2D eigenvalue weighted by molar-refractivity contribution is -0.120. The summed E-state index contributed by atoms with van der Waals surface area (Å²) in [6.45, 7) is 4.51. The molecule has 2 aromatic heterocycles. The van der Waals surface area contributed by atoms with Crippen LogP contribution in [-0.2, 0) is 17.8 Å². The second kappa shape index (κ2) is 6.67. The van der Waals surface area contributed by atoms with Crippen molar-refractivity contribution in [3.05, 3.63) is 40.2 Å². The van der Waals surface area contributed by atoms with Crippen LogP contribution >= 0.6 is 11.3 Å². The van der Waals surface area contributed by atoms with E-state index in [-0.39, 0.29) is 18.4 Å². The molecule has 6 heteroatoms. The van der Waals surface area contributed by atoms with Crippen LogP contribution in [0.4, 0.5) is 0 Å². The van der Waals surface area contributed by atoms with E-state index in [1.807, 2.05) is 11.4 Å². The minimum absolute atomic E-state index is 0.0695. The molecule has 3 N–H and O–H groups in total. The van der Waals surface area contributed by atoms with Gasteiger partial charge in [0.15, 0.2) is 0 Å². The molecule has 1 amide bonds. The van der Waals surface area contributed by atoms with Crippen LogP contribution in [0.5, 0.6) is 0 Å². The number of aromatic nitrogens is 1. The predicted molar refractivity (Wildman–Crippen MR) is 78.1 cm³/mol. The first-order chi connectivity index (χ1) is 9.56. The molecule has 0 spiro atoms. The first-order valence-electron chi connectivity index (χ1n) is 6.55. The molecule has 2 heterocycles. The number of furan rings is 1. The van der Waals surface area contributed by atoms with Crippen molar-refractivity contribution in [1.82, 2.24) is 10.3 Å². The number of amides is 1. The molecule has 0 saturated carbocycles. The van der Waals surface area contributed by atoms with Gasteiger partial charge in [0.1, 0.15) is 10.8 Å². The second-order valence-electron chi connectivity index (χ2n) is 4.98. The molecular weight excluding hydrogens is 274 g/mol. The zero-order chi connectivity index (χ0) is 14.5. The number of nitrogens with zero attached hydrogens (tertiary/aromatic N) is 1. The van der Waals surface area contributed by atoms with Crippen LogP contribution in [0.2, 0.25) is 0 Å². The lowest BCUT2D eigenvalue weighted by Crippen LogP contribution is -2.24. The molecular formula is C14H19N3O2S. The highest BCUT2D eigenvalue weighted by Gasteiger charge is 2.15. The third kappa shape index (κ3) is 3.91. The summed E-state index contributed by atoms with van der Waals surface area (Å²) in [6.07, 6.45) is 1.85. The highest BCUT2D eigenvalue weighted by molar-refractivity contribution is 7.09. The number of hydrogen-bond donors (Lipinski definition) is 2. The second-order valence-corrected chi connectivity index (χ2v) is 5.87. The number of thiazole rings is 1. The lowest BCUT2D eigenvalue weighted by Gasteiger charge is -2.11. The molecule has 1 atom stereocenters. The van der Waals surface area contributed by atoms with Crippen LogP contribution in [0, 0.1) is 5.92 Å². The van der Waals surface area contributed by atoms with Gasteiger partial charge in [0.2, 0.25) is 5.91 Å². The van der Waals surface area contributed by atoms with Gasteiger partial charge in [-0.05, 0) is 18.1 Å². The third-order valence-electron chi connectivity index (χ3n) is 2.95. The maximum absolute atomic E-state index is 11.8. The van der Waals surface area contributed by atoms with Crippen molar-refractivity contribution in [2.75, 3.05) is 0 Å². The molecule has 1 unspecified atom stereocenters. The van der Waals surface area contributed by atoms with Gasteiger partial charge in [-0.1, -0.05) is 13.8 Å². The van der Waals surface area contributed by atoms with Gasteiger partial charge in [0, 0.05) is 5.38 Å². The monoisotopic (exact) mass is 293 g/mol. The highest BCUT2D eigenvalue weighted by Crippen LogP contribution is 2.22. The summed E-state index contributed by atoms with van der Waals surface area (Å²) >= 11 is 1.51. The summed E-state index contributed by atoms with van der Waals surface area (Å²) in [6, 6.07) is 3.55. The number of rotatable bonds is 6. The smallest absolute Gasteiger partial charge is 0.226 e. The Morgan fingerprint density at radius 3 is 3.00 bits per heavy atom. The van der Waals surface area contributed by atoms with Crippen molar-refractivity contribution >= 4 is 17.2 Å². The van der Waals surface area contributed by atoms with Gasteiger partial charge in [0.25, 0.3) is 0 Å². The van der Waals surface area contributed by atoms with Gasteiger partial charge in [-0.3, -0.25) is 4.79 Å². The van der Waals surface area contributed by atoms with E-state index in [1.165, 1.54) is 11.3 Å². The zero-order valence-corrected chi connectivity index (χ0v) is 12.4. The molecule has 0 aliphatic heterocycles. The van der Waals surface area contributed by atoms with Gasteiger partial charge in [0.05, 0.1) is 31.0 Å². The predicted octanol–water partition coefficient (Wildman–Crippen LogP) is 2.25. The fraction of sp³-hybridized carbons (Fsp3) is 0.429. The quantitative estimate of drug-likeness (QED) is 0.856. The van der Waals surface area contributed by atoms with Crippen molar-refractivity contribution in [2.45, 2.75) is 32.9 Å². The molecule has 0 aliphatic carbocycles. The summed E-state index contributed by atoms with van der Waals surface area (Å²) in [5.74, 6) is 0.997. The number of nitrogens with one attached hydrogen (secondary N) is 1. The minimum atomic E-state index is -0.0728. The van der Waals surface area contributed by atoms with E-state index in [9.17, 15) is 4.79 Å². The van der Waals surface area contributed by atoms with Crippen molar-refractivity contribution in [3.8, 4) is 0 Å². The van der Waals surface area contributed by atoms with E-state index in [0.717, 1.165) is 16.5 Å². The lowest BCUT2D eigenvalue weighted by atomic mass is 10.1. The molecule has 0 bridgehead atoms. The van der Waals surface area contributed by atoms with E-state index in [2.05, 4.69) is 24.1 Å². The Morgan fingerprint density at radius 1 is 1.55 bits per heavy atom. The molecule has 0 aliphatic rings. The van der Waals surface area contributed by atoms with Crippen LogP contribution in [-0.4, -0.2) is 10.9 Å². The number of nitrogens with two attached hydrogens (primary N) is 1. The molecule has 5 nitrogen and oxygen atoms in total. The van der Waals surface area contributed by atoms with E-state index in [1.54, 1.807) is 12.3 Å². The number of carbonyl (C=O) groups is 1. The Morgan fingerprint density at radius 2 is 2.35 bits per heavy atom. The average molecular weight is 293 g/mol. The summed E-state index contributed by atoms with van der Waals surface area (Å²) in [7, 11) is 0. The van der Waals surface area contributed by atoms with Crippen LogP contribution < -0.4 is 11.1 Å². The van der Waals surface area contributed by atoms with Crippen molar-refractivity contribution < 1.29 is 9.21 Å². The summed E-state index contributed by atoms with van der Waals surface area (Å²) < 4.78 is 5.15. The van der Waals surface area contributed by atoms with E-state index < -0.39 is 0 Å². The SMILES string of the molecule is CC(C)C(N)c1nc(CC(=O)NCc2ccco2)cs1. The Hall–Kier alpha value is -1.66. The molecule has 108 valence electrons. The number of carbonyl (C=O) groups excluding carboxylic acids is 1. The van der Waals surface area contributed by atoms with Gasteiger partial charge in [-0.15, -0.1) is 11.3 Å². The topological polar surface area (TPSA) is 81.1 Å². The first-order valence-corrected chi connectivity index (χ1v) is 7.43. The zero-order valence-electron chi connectivity index (χ0n) is 11.6. The Balaban J connectivity index is 1.85. The van der Waals surface area contributed by atoms with Crippen LogP contribution in [0.25, 0.3) is 0 Å². The van der Waals surface area contributed by atoms with E-state index in [4.69, 9.17) is 10.2 Å². The largest absolute Gasteiger partial charge is 0.467 e. The van der Waals surface area contributed by atoms with Crippen LogP contribution in [0.15, 0.2) is 28.2 Å². The molecule has 20 heavy (non-hydrogen) atoms. The molecule has 2 rings (SSSR count). The van der Waals surface area contributed by atoms with E-state index in [0.29, 0.717) is 12.5 Å². The van der Waals surface area contributed by atoms with E-state index >= 15 is 0 Å². The maximum Gasteiger partial charge on any atom is 0.226 e. The van der Waals surface area contributed by atoms with Crippen molar-refractivity contribution in [2.24, 2.45) is 11.7 Å². The van der Waals surface area contributed by atoms with Crippen LogP contribution in [0.1, 0.15) is 36.4 Å². The first kappa shape index (κ1) is 14.7. The summed E-state index contributed by atoms with van der Waals surface area (Å²) in [4.78, 5) is 16.2. The van der Waals surface area contributed by atoms with Crippen LogP contribution in [0.3, 0.4) is 0 Å². The summed E-state index contributed by atoms with van der Waals surface area (Å²) in [5, 5.41) is 5.57. The standard InChI is InChI=1S/C14H19N3O2S/c1-9(2)13(15)14-17-10(8-20-14)6-12(18)16-7-11-4-3-5-19-11/h3-5,8-9,13H,6-7,15H2,1-2H3,(H,16,18). The van der Waals surface area contributed by atoms with Gasteiger partial charge in [-0.2, -0.15) is 0 Å². The normalized spacial score (nSPS) is 12.6. The average Bonchev–Trinajstić information content (AvgIpc) is 3.06. The Kier molecular flexibility index (Phi) is 4.92. The fourth-order valence-electron chi connectivity index (χ4n) is 1.67. The number of hydrogen-bond acceptors (Lipinski definition) is 5. The molecule has 0 fully saturated rings. The minimum Gasteiger partial charge on any atom is -0.467 e. The Bertz CT molecular complexity index is 549. The molecule has 0 saturated heterocycles. The molecule has 0 aromatic carbocycles. The van der Waals surface area contributed by atoms with Gasteiger partial charge >= 0.3 is 0 Å². The van der Waals surface area contributed by atoms with Gasteiger partial charge < -0.3 is 15.5 Å². The Labute approximate surface area is 122 Å². The fourth-order valence-corrected chi connectivity index (χ4v) is 2.66.